The molecule has 0 saturated carbocycles. The molecule has 168 valence electrons. The lowest BCUT2D eigenvalue weighted by molar-refractivity contribution is -0.384. The van der Waals surface area contributed by atoms with Crippen molar-refractivity contribution in [2.24, 2.45) is 0 Å². The van der Waals surface area contributed by atoms with Crippen LogP contribution in [0.5, 0.6) is 0 Å². The van der Waals surface area contributed by atoms with E-state index < -0.39 is 27.8 Å². The Bertz CT molecular complexity index is 1280. The van der Waals surface area contributed by atoms with Crippen molar-refractivity contribution in [2.75, 3.05) is 0 Å². The van der Waals surface area contributed by atoms with E-state index in [0.29, 0.717) is 17.3 Å². The lowest BCUT2D eigenvalue weighted by atomic mass is 10.1. The molecule has 0 unspecified atom stereocenters. The summed E-state index contributed by atoms with van der Waals surface area (Å²) in [5.41, 5.74) is -0.169. The van der Waals surface area contributed by atoms with Crippen molar-refractivity contribution in [2.45, 2.75) is 12.7 Å². The second-order valence-corrected chi connectivity index (χ2v) is 7.97. The number of nitrogens with zero attached hydrogens (tertiary/aromatic N) is 2. The molecule has 3 aromatic rings. The fraction of sp³-hybridized carbons (Fsp3) is 0.0909. The van der Waals surface area contributed by atoms with Crippen LogP contribution in [0.4, 0.5) is 23.7 Å². The second kappa shape index (κ2) is 8.58. The van der Waals surface area contributed by atoms with Crippen molar-refractivity contribution in [3.63, 3.8) is 0 Å². The Balaban J connectivity index is 1.51. The standard InChI is InChI=1S/C22H13F3N2O5S/c23-22(24,25)15-3-1-2-14(10-15)18-9-8-17(32-18)11-19-20(28)26(21(29)33-19)12-13-4-6-16(7-5-13)27(30)31/h1-11H,12H2/b19-11+. The molecule has 1 aliphatic heterocycles. The fourth-order valence-corrected chi connectivity index (χ4v) is 3.92. The first-order valence-corrected chi connectivity index (χ1v) is 10.2. The highest BCUT2D eigenvalue weighted by Gasteiger charge is 2.35. The highest BCUT2D eigenvalue weighted by atomic mass is 32.2. The average Bonchev–Trinajstić information content (AvgIpc) is 3.34. The molecule has 2 aromatic carbocycles. The number of rotatable bonds is 5. The number of nitro benzene ring substituents is 1. The quantitative estimate of drug-likeness (QED) is 0.252. The van der Waals surface area contributed by atoms with Crippen LogP contribution in [-0.4, -0.2) is 21.0 Å². The monoisotopic (exact) mass is 474 g/mol. The van der Waals surface area contributed by atoms with Gasteiger partial charge in [0.25, 0.3) is 16.8 Å². The van der Waals surface area contributed by atoms with E-state index in [0.717, 1.165) is 17.0 Å². The van der Waals surface area contributed by atoms with E-state index in [-0.39, 0.29) is 34.2 Å². The molecular formula is C22H13F3N2O5S. The molecule has 1 aliphatic rings. The molecule has 7 nitrogen and oxygen atoms in total. The zero-order valence-corrected chi connectivity index (χ0v) is 17.4. The molecule has 33 heavy (non-hydrogen) atoms. The first kappa shape index (κ1) is 22.3. The van der Waals surface area contributed by atoms with Crippen molar-refractivity contribution in [3.8, 4) is 11.3 Å². The number of hydrogen-bond donors (Lipinski definition) is 0. The number of nitro groups is 1. The number of carbonyl (C=O) groups is 2. The summed E-state index contributed by atoms with van der Waals surface area (Å²) in [6, 6.07) is 13.1. The van der Waals surface area contributed by atoms with Gasteiger partial charge in [-0.3, -0.25) is 24.6 Å². The van der Waals surface area contributed by atoms with Gasteiger partial charge in [-0.05, 0) is 41.6 Å². The first-order valence-electron chi connectivity index (χ1n) is 9.38. The fourth-order valence-electron chi connectivity index (χ4n) is 3.11. The predicted octanol–water partition coefficient (Wildman–Crippen LogP) is 6.11. The summed E-state index contributed by atoms with van der Waals surface area (Å²) in [4.78, 5) is 36.3. The van der Waals surface area contributed by atoms with Crippen LogP contribution in [0.3, 0.4) is 0 Å². The van der Waals surface area contributed by atoms with Gasteiger partial charge < -0.3 is 4.42 Å². The lowest BCUT2D eigenvalue weighted by Gasteiger charge is -2.12. The smallest absolute Gasteiger partial charge is 0.416 e. The van der Waals surface area contributed by atoms with Crippen molar-refractivity contribution >= 4 is 34.7 Å². The van der Waals surface area contributed by atoms with Gasteiger partial charge in [-0.15, -0.1) is 0 Å². The molecule has 0 bridgehead atoms. The molecule has 2 heterocycles. The van der Waals surface area contributed by atoms with E-state index in [1.165, 1.54) is 54.6 Å². The largest absolute Gasteiger partial charge is 0.457 e. The SMILES string of the molecule is O=C1S/C(=C/c2ccc(-c3cccc(C(F)(F)F)c3)o2)C(=O)N1Cc1ccc([N+](=O)[O-])cc1. The third-order valence-electron chi connectivity index (χ3n) is 4.74. The zero-order valence-electron chi connectivity index (χ0n) is 16.5. The Morgan fingerprint density at radius 3 is 2.45 bits per heavy atom. The van der Waals surface area contributed by atoms with Gasteiger partial charge in [0.05, 0.1) is 21.9 Å². The summed E-state index contributed by atoms with van der Waals surface area (Å²) in [6.45, 7) is -0.0619. The summed E-state index contributed by atoms with van der Waals surface area (Å²) in [5.74, 6) is -0.193. The van der Waals surface area contributed by atoms with E-state index in [1.54, 1.807) is 0 Å². The summed E-state index contributed by atoms with van der Waals surface area (Å²) in [6.07, 6.45) is -3.15. The zero-order chi connectivity index (χ0) is 23.8. The Kier molecular flexibility index (Phi) is 5.81. The van der Waals surface area contributed by atoms with Gasteiger partial charge in [0.2, 0.25) is 0 Å². The van der Waals surface area contributed by atoms with Gasteiger partial charge in [-0.25, -0.2) is 0 Å². The molecule has 1 fully saturated rings. The molecule has 0 spiro atoms. The third-order valence-corrected chi connectivity index (χ3v) is 5.64. The number of alkyl halides is 3. The maximum absolute atomic E-state index is 12.9. The molecular weight excluding hydrogens is 461 g/mol. The van der Waals surface area contributed by atoms with Crippen molar-refractivity contribution in [3.05, 3.63) is 92.6 Å². The number of halogens is 3. The van der Waals surface area contributed by atoms with Crippen molar-refractivity contribution < 1.29 is 32.1 Å². The van der Waals surface area contributed by atoms with Crippen LogP contribution >= 0.6 is 11.8 Å². The maximum atomic E-state index is 12.9. The number of furan rings is 1. The Morgan fingerprint density at radius 2 is 1.79 bits per heavy atom. The number of benzene rings is 2. The normalized spacial score (nSPS) is 15.5. The first-order chi connectivity index (χ1) is 15.6. The Labute approximate surface area is 188 Å². The molecule has 4 rings (SSSR count). The molecule has 0 radical (unpaired) electrons. The second-order valence-electron chi connectivity index (χ2n) is 6.97. The van der Waals surface area contributed by atoms with E-state index >= 15 is 0 Å². The van der Waals surface area contributed by atoms with Crippen LogP contribution in [0, 0.1) is 10.1 Å². The summed E-state index contributed by atoms with van der Waals surface area (Å²) in [7, 11) is 0. The number of non-ortho nitro benzene ring substituents is 1. The number of thioether (sulfide) groups is 1. The Morgan fingerprint density at radius 1 is 1.06 bits per heavy atom. The van der Waals surface area contributed by atoms with Gasteiger partial charge in [-0.2, -0.15) is 13.2 Å². The average molecular weight is 474 g/mol. The number of imide groups is 1. The Hall–Kier alpha value is -3.86. The van der Waals surface area contributed by atoms with Crippen LogP contribution < -0.4 is 0 Å². The summed E-state index contributed by atoms with van der Waals surface area (Å²) >= 11 is 0.696. The van der Waals surface area contributed by atoms with Gasteiger partial charge in [0.15, 0.2) is 0 Å². The highest BCUT2D eigenvalue weighted by molar-refractivity contribution is 8.18. The van der Waals surface area contributed by atoms with Crippen molar-refractivity contribution in [1.29, 1.82) is 0 Å². The number of hydrogen-bond acceptors (Lipinski definition) is 6. The minimum atomic E-state index is -4.49. The maximum Gasteiger partial charge on any atom is 0.416 e. The number of carbonyl (C=O) groups excluding carboxylic acids is 2. The van der Waals surface area contributed by atoms with Gasteiger partial charge in [0, 0.05) is 23.8 Å². The topological polar surface area (TPSA) is 93.7 Å². The van der Waals surface area contributed by atoms with Crippen LogP contribution in [0.2, 0.25) is 0 Å². The highest BCUT2D eigenvalue weighted by Crippen LogP contribution is 2.35. The summed E-state index contributed by atoms with van der Waals surface area (Å²) < 4.78 is 44.4. The molecule has 0 aliphatic carbocycles. The lowest BCUT2D eigenvalue weighted by Crippen LogP contribution is -2.27. The molecule has 0 atom stereocenters. The van der Waals surface area contributed by atoms with E-state index in [1.807, 2.05) is 0 Å². The van der Waals surface area contributed by atoms with E-state index in [2.05, 4.69) is 0 Å². The van der Waals surface area contributed by atoms with Crippen LogP contribution in [0.25, 0.3) is 17.4 Å². The minimum Gasteiger partial charge on any atom is -0.457 e. The summed E-state index contributed by atoms with van der Waals surface area (Å²) in [5, 5.41) is 10.2. The third kappa shape index (κ3) is 4.82. The molecule has 1 aromatic heterocycles. The van der Waals surface area contributed by atoms with Gasteiger partial charge in [0.1, 0.15) is 11.5 Å². The van der Waals surface area contributed by atoms with Crippen LogP contribution in [0.15, 0.2) is 70.0 Å². The van der Waals surface area contributed by atoms with Crippen molar-refractivity contribution in [1.82, 2.24) is 4.90 Å². The van der Waals surface area contributed by atoms with E-state index in [4.69, 9.17) is 4.42 Å². The minimum absolute atomic E-state index is 0.0619. The molecule has 1 saturated heterocycles. The molecule has 11 heteroatoms. The van der Waals surface area contributed by atoms with E-state index in [9.17, 15) is 32.9 Å². The molecule has 0 N–H and O–H groups in total. The van der Waals surface area contributed by atoms with Crippen LogP contribution in [0.1, 0.15) is 16.9 Å². The molecule has 2 amide bonds. The van der Waals surface area contributed by atoms with Crippen LogP contribution in [-0.2, 0) is 17.5 Å². The number of amides is 2. The van der Waals surface area contributed by atoms with Gasteiger partial charge >= 0.3 is 6.18 Å². The van der Waals surface area contributed by atoms with Gasteiger partial charge in [-0.1, -0.05) is 24.3 Å². The predicted molar refractivity (Wildman–Crippen MR) is 114 cm³/mol.